The molecule has 0 atom stereocenters. The number of nitrogens with two attached hydrogens (primary N) is 2. The Morgan fingerprint density at radius 2 is 1.96 bits per heavy atom. The molecule has 26 heavy (non-hydrogen) atoms. The van der Waals surface area contributed by atoms with Gasteiger partial charge in [-0.25, -0.2) is 0 Å². The van der Waals surface area contributed by atoms with Crippen LogP contribution in [0.4, 0.5) is 11.8 Å². The number of phenolic OH excluding ortho intramolecular Hbond substituents is 1. The molecule has 2 aromatic rings. The topological polar surface area (TPSA) is 110 Å². The fraction of sp³-hybridized carbons (Fsp3) is 0.444. The maximum Gasteiger partial charge on any atom is 0.270 e. The highest BCUT2D eigenvalue weighted by molar-refractivity contribution is 7.99. The van der Waals surface area contributed by atoms with E-state index in [1.54, 1.807) is 31.3 Å². The summed E-state index contributed by atoms with van der Waals surface area (Å²) < 4.78 is 1.53. The summed E-state index contributed by atoms with van der Waals surface area (Å²) in [6, 6.07) is 6.85. The van der Waals surface area contributed by atoms with Gasteiger partial charge in [0.2, 0.25) is 5.95 Å². The van der Waals surface area contributed by atoms with E-state index in [1.165, 1.54) is 4.57 Å². The van der Waals surface area contributed by atoms with Gasteiger partial charge in [0.05, 0.1) is 4.90 Å². The van der Waals surface area contributed by atoms with E-state index in [9.17, 15) is 9.90 Å². The zero-order chi connectivity index (χ0) is 18.9. The number of para-hydroxylation sites is 1. The van der Waals surface area contributed by atoms with Crippen molar-refractivity contribution < 1.29 is 5.11 Å². The molecule has 7 nitrogen and oxygen atoms in total. The first-order chi connectivity index (χ1) is 12.3. The molecular weight excluding hydrogens is 350 g/mol. The monoisotopic (exact) mass is 375 g/mol. The minimum Gasteiger partial charge on any atom is -0.507 e. The number of hydrogen-bond acceptors (Lipinski definition) is 7. The van der Waals surface area contributed by atoms with Crippen molar-refractivity contribution >= 4 is 23.5 Å². The Balaban J connectivity index is 1.90. The van der Waals surface area contributed by atoms with Crippen LogP contribution in [0.15, 0.2) is 38.9 Å². The molecule has 0 amide bonds. The molecule has 1 saturated heterocycles. The van der Waals surface area contributed by atoms with Crippen LogP contribution in [0.1, 0.15) is 19.8 Å². The Kier molecular flexibility index (Phi) is 5.15. The zero-order valence-electron chi connectivity index (χ0n) is 15.1. The number of benzene rings is 1. The van der Waals surface area contributed by atoms with Gasteiger partial charge in [0.15, 0.2) is 0 Å². The summed E-state index contributed by atoms with van der Waals surface area (Å²) in [5, 5.41) is 9.94. The van der Waals surface area contributed by atoms with E-state index >= 15 is 0 Å². The van der Waals surface area contributed by atoms with Crippen LogP contribution in [0.3, 0.4) is 0 Å². The molecule has 0 unspecified atom stereocenters. The lowest BCUT2D eigenvalue weighted by molar-refractivity contribution is 0.256. The number of nitrogen functional groups attached to an aromatic ring is 1. The molecule has 8 heteroatoms. The third-order valence-electron chi connectivity index (χ3n) is 5.08. The van der Waals surface area contributed by atoms with E-state index < -0.39 is 0 Å². The highest BCUT2D eigenvalue weighted by Gasteiger charge is 2.30. The summed E-state index contributed by atoms with van der Waals surface area (Å²) in [5.74, 6) is 0.872. The summed E-state index contributed by atoms with van der Waals surface area (Å²) in [4.78, 5) is 20.3. The predicted molar refractivity (Wildman–Crippen MR) is 105 cm³/mol. The first kappa shape index (κ1) is 18.6. The van der Waals surface area contributed by atoms with Crippen molar-refractivity contribution in [1.29, 1.82) is 0 Å². The fourth-order valence-corrected chi connectivity index (χ4v) is 3.98. The van der Waals surface area contributed by atoms with E-state index in [0.717, 1.165) is 37.7 Å². The lowest BCUT2D eigenvalue weighted by Gasteiger charge is -2.39. The van der Waals surface area contributed by atoms with Gasteiger partial charge < -0.3 is 21.5 Å². The fourth-order valence-electron chi connectivity index (χ4n) is 3.07. The van der Waals surface area contributed by atoms with Crippen LogP contribution in [-0.2, 0) is 7.05 Å². The van der Waals surface area contributed by atoms with Crippen LogP contribution < -0.4 is 21.9 Å². The first-order valence-electron chi connectivity index (χ1n) is 8.62. The van der Waals surface area contributed by atoms with E-state index in [0.29, 0.717) is 22.3 Å². The molecule has 140 valence electrons. The van der Waals surface area contributed by atoms with Gasteiger partial charge in [0.1, 0.15) is 16.5 Å². The second kappa shape index (κ2) is 7.20. The minimum absolute atomic E-state index is 0.111. The maximum absolute atomic E-state index is 12.8. The normalized spacial score (nSPS) is 16.7. The van der Waals surface area contributed by atoms with E-state index in [4.69, 9.17) is 11.5 Å². The van der Waals surface area contributed by atoms with Crippen molar-refractivity contribution in [1.82, 2.24) is 9.55 Å². The Hall–Kier alpha value is -2.19. The van der Waals surface area contributed by atoms with Gasteiger partial charge in [-0.3, -0.25) is 9.36 Å². The molecule has 1 aliphatic rings. The molecule has 0 aliphatic carbocycles. The predicted octanol–water partition coefficient (Wildman–Crippen LogP) is 1.78. The maximum atomic E-state index is 12.8. The van der Waals surface area contributed by atoms with E-state index in [2.05, 4.69) is 16.8 Å². The van der Waals surface area contributed by atoms with Crippen molar-refractivity contribution in [2.45, 2.75) is 29.6 Å². The van der Waals surface area contributed by atoms with Crippen LogP contribution in [0.5, 0.6) is 5.75 Å². The third kappa shape index (κ3) is 3.52. The number of phenols is 1. The average Bonchev–Trinajstić information content (AvgIpc) is 2.64. The zero-order valence-corrected chi connectivity index (χ0v) is 15.9. The highest BCUT2D eigenvalue weighted by Crippen LogP contribution is 2.36. The number of anilines is 2. The Bertz CT molecular complexity index is 859. The quantitative estimate of drug-likeness (QED) is 0.747. The summed E-state index contributed by atoms with van der Waals surface area (Å²) in [6.45, 7) is 4.43. The third-order valence-corrected chi connectivity index (χ3v) is 6.23. The van der Waals surface area contributed by atoms with Gasteiger partial charge in [-0.2, -0.15) is 4.98 Å². The largest absolute Gasteiger partial charge is 0.507 e. The Labute approximate surface area is 157 Å². The molecule has 0 saturated carbocycles. The number of aromatic nitrogens is 2. The second-order valence-electron chi connectivity index (χ2n) is 7.06. The molecule has 0 radical (unpaired) electrons. The summed E-state index contributed by atoms with van der Waals surface area (Å²) in [6.07, 6.45) is 1.90. The average molecular weight is 375 g/mol. The summed E-state index contributed by atoms with van der Waals surface area (Å²) >= 11 is 1.13. The molecule has 1 aromatic heterocycles. The second-order valence-corrected chi connectivity index (χ2v) is 8.11. The molecular formula is C18H25N5O2S. The standard InChI is InChI=1S/C18H25N5O2S/c1-18(11-19)7-9-23(10-8-18)17-21-15(20)14(16(25)22(17)2)26-13-6-4-3-5-12(13)24/h3-6,24H,7-11,19-20H2,1-2H3. The van der Waals surface area contributed by atoms with Crippen molar-refractivity contribution in [3.05, 3.63) is 34.6 Å². The van der Waals surface area contributed by atoms with Gasteiger partial charge in [0, 0.05) is 20.1 Å². The van der Waals surface area contributed by atoms with Gasteiger partial charge in [0.25, 0.3) is 5.56 Å². The van der Waals surface area contributed by atoms with Gasteiger partial charge in [-0.15, -0.1) is 0 Å². The van der Waals surface area contributed by atoms with Crippen molar-refractivity contribution in [2.24, 2.45) is 18.2 Å². The van der Waals surface area contributed by atoms with Gasteiger partial charge in [-0.1, -0.05) is 30.8 Å². The molecule has 0 bridgehead atoms. The Morgan fingerprint density at radius 1 is 1.31 bits per heavy atom. The Morgan fingerprint density at radius 3 is 2.58 bits per heavy atom. The number of hydrogen-bond donors (Lipinski definition) is 3. The van der Waals surface area contributed by atoms with Crippen LogP contribution >= 0.6 is 11.8 Å². The number of aromatic hydroxyl groups is 1. The lowest BCUT2D eigenvalue weighted by atomic mass is 9.81. The highest BCUT2D eigenvalue weighted by atomic mass is 32.2. The molecule has 1 aliphatic heterocycles. The molecule has 0 spiro atoms. The van der Waals surface area contributed by atoms with Crippen LogP contribution in [-0.4, -0.2) is 34.3 Å². The van der Waals surface area contributed by atoms with Crippen molar-refractivity contribution in [3.63, 3.8) is 0 Å². The van der Waals surface area contributed by atoms with E-state index in [1.807, 2.05) is 0 Å². The lowest BCUT2D eigenvalue weighted by Crippen LogP contribution is -2.44. The molecule has 2 heterocycles. The molecule has 3 rings (SSSR count). The van der Waals surface area contributed by atoms with Crippen LogP contribution in [0, 0.1) is 5.41 Å². The van der Waals surface area contributed by atoms with Crippen LogP contribution in [0.2, 0.25) is 0 Å². The van der Waals surface area contributed by atoms with Crippen LogP contribution in [0.25, 0.3) is 0 Å². The van der Waals surface area contributed by atoms with Gasteiger partial charge in [-0.05, 0) is 36.9 Å². The number of nitrogens with zero attached hydrogens (tertiary/aromatic N) is 3. The smallest absolute Gasteiger partial charge is 0.270 e. The number of piperidine rings is 1. The first-order valence-corrected chi connectivity index (χ1v) is 9.44. The number of rotatable bonds is 4. The molecule has 5 N–H and O–H groups in total. The molecule has 1 aromatic carbocycles. The summed E-state index contributed by atoms with van der Waals surface area (Å²) in [7, 11) is 1.70. The minimum atomic E-state index is -0.215. The van der Waals surface area contributed by atoms with Gasteiger partial charge >= 0.3 is 0 Å². The van der Waals surface area contributed by atoms with Crippen molar-refractivity contribution in [2.75, 3.05) is 30.3 Å². The van der Waals surface area contributed by atoms with Crippen molar-refractivity contribution in [3.8, 4) is 5.75 Å². The SMILES string of the molecule is Cn1c(N2CCC(C)(CN)CC2)nc(N)c(Sc2ccccc2O)c1=O. The molecule has 1 fully saturated rings. The van der Waals surface area contributed by atoms with E-state index in [-0.39, 0.29) is 22.5 Å². The summed E-state index contributed by atoms with van der Waals surface area (Å²) in [5.41, 5.74) is 11.9.